The molecule has 2 amide bonds. The number of amides is 2. The summed E-state index contributed by atoms with van der Waals surface area (Å²) < 4.78 is 31.3. The van der Waals surface area contributed by atoms with Crippen molar-refractivity contribution in [2.45, 2.75) is 64.1 Å². The van der Waals surface area contributed by atoms with Crippen molar-refractivity contribution in [3.63, 3.8) is 0 Å². The van der Waals surface area contributed by atoms with Crippen molar-refractivity contribution in [1.29, 1.82) is 0 Å². The minimum absolute atomic E-state index is 0.121. The predicted octanol–water partition coefficient (Wildman–Crippen LogP) is 3.72. The number of methoxy groups -OCH3 is 1. The molecule has 1 N–H and O–H groups in total. The highest BCUT2D eigenvalue weighted by Crippen LogP contribution is 2.23. The van der Waals surface area contributed by atoms with E-state index in [0.717, 1.165) is 37.5 Å². The highest BCUT2D eigenvalue weighted by molar-refractivity contribution is 7.92. The number of carbonyl (C=O) groups is 2. The molecule has 0 bridgehead atoms. The smallest absolute Gasteiger partial charge is 0.242 e. The molecule has 1 aliphatic carbocycles. The Bertz CT molecular complexity index is 1100. The normalized spacial score (nSPS) is 14.8. The number of nitrogens with one attached hydrogen (secondary N) is 1. The summed E-state index contributed by atoms with van der Waals surface area (Å²) in [5.74, 6) is 0.294. The first-order valence-corrected chi connectivity index (χ1v) is 14.3. The number of ether oxygens (including phenoxy) is 1. The molecule has 196 valence electrons. The summed E-state index contributed by atoms with van der Waals surface area (Å²) >= 11 is 0. The molecule has 2 aromatic carbocycles. The number of anilines is 1. The lowest BCUT2D eigenvalue weighted by Crippen LogP contribution is -2.49. The molecular formula is C27H37N3O5S. The van der Waals surface area contributed by atoms with E-state index in [1.54, 1.807) is 43.2 Å². The number of benzene rings is 2. The van der Waals surface area contributed by atoms with Crippen LogP contribution in [0.3, 0.4) is 0 Å². The lowest BCUT2D eigenvalue weighted by molar-refractivity contribution is -0.141. The zero-order chi connectivity index (χ0) is 26.1. The van der Waals surface area contributed by atoms with E-state index in [9.17, 15) is 18.0 Å². The van der Waals surface area contributed by atoms with E-state index in [1.165, 1.54) is 4.31 Å². The Labute approximate surface area is 214 Å². The molecule has 0 spiro atoms. The van der Waals surface area contributed by atoms with Crippen LogP contribution < -0.4 is 14.4 Å². The quantitative estimate of drug-likeness (QED) is 0.465. The Kier molecular flexibility index (Phi) is 9.75. The van der Waals surface area contributed by atoms with Gasteiger partial charge >= 0.3 is 0 Å². The first kappa shape index (κ1) is 27.5. The average Bonchev–Trinajstić information content (AvgIpc) is 3.37. The molecule has 1 saturated carbocycles. The second-order valence-corrected chi connectivity index (χ2v) is 11.2. The molecule has 0 heterocycles. The molecule has 1 unspecified atom stereocenters. The molecule has 0 radical (unpaired) electrons. The fourth-order valence-corrected chi connectivity index (χ4v) is 5.47. The highest BCUT2D eigenvalue weighted by Gasteiger charge is 2.28. The molecule has 8 nitrogen and oxygen atoms in total. The van der Waals surface area contributed by atoms with Crippen molar-refractivity contribution < 1.29 is 22.7 Å². The van der Waals surface area contributed by atoms with Crippen molar-refractivity contribution in [2.24, 2.45) is 0 Å². The third kappa shape index (κ3) is 7.71. The van der Waals surface area contributed by atoms with Gasteiger partial charge < -0.3 is 15.0 Å². The molecule has 1 aliphatic rings. The van der Waals surface area contributed by atoms with Gasteiger partial charge in [0.2, 0.25) is 21.8 Å². The lowest BCUT2D eigenvalue weighted by Gasteiger charge is -2.30. The van der Waals surface area contributed by atoms with Gasteiger partial charge in [-0.05, 0) is 56.0 Å². The van der Waals surface area contributed by atoms with Gasteiger partial charge in [0.1, 0.15) is 11.8 Å². The van der Waals surface area contributed by atoms with E-state index < -0.39 is 16.1 Å². The topological polar surface area (TPSA) is 96.0 Å². The van der Waals surface area contributed by atoms with Crippen LogP contribution >= 0.6 is 0 Å². The summed E-state index contributed by atoms with van der Waals surface area (Å²) in [6.07, 6.45) is 5.75. The van der Waals surface area contributed by atoms with Crippen LogP contribution in [0.2, 0.25) is 0 Å². The predicted molar refractivity (Wildman–Crippen MR) is 141 cm³/mol. The second kappa shape index (κ2) is 12.8. The summed E-state index contributed by atoms with van der Waals surface area (Å²) in [6, 6.07) is 15.9. The molecule has 2 aromatic rings. The van der Waals surface area contributed by atoms with Gasteiger partial charge in [0.15, 0.2) is 0 Å². The van der Waals surface area contributed by atoms with Crippen LogP contribution in [0.15, 0.2) is 54.6 Å². The van der Waals surface area contributed by atoms with Crippen LogP contribution in [-0.2, 0) is 26.2 Å². The van der Waals surface area contributed by atoms with E-state index >= 15 is 0 Å². The Morgan fingerprint density at radius 3 is 2.28 bits per heavy atom. The Morgan fingerprint density at radius 1 is 1.06 bits per heavy atom. The first-order chi connectivity index (χ1) is 17.2. The van der Waals surface area contributed by atoms with Crippen molar-refractivity contribution in [3.8, 4) is 5.75 Å². The molecule has 1 atom stereocenters. The zero-order valence-electron chi connectivity index (χ0n) is 21.4. The van der Waals surface area contributed by atoms with E-state index in [1.807, 2.05) is 30.3 Å². The van der Waals surface area contributed by atoms with Gasteiger partial charge in [-0.3, -0.25) is 13.9 Å². The number of carbonyl (C=O) groups excluding carboxylic acids is 2. The summed E-state index contributed by atoms with van der Waals surface area (Å²) in [6.45, 7) is 2.22. The van der Waals surface area contributed by atoms with Crippen LogP contribution in [-0.4, -0.2) is 57.1 Å². The highest BCUT2D eigenvalue weighted by atomic mass is 32.2. The number of nitrogens with zero attached hydrogens (tertiary/aromatic N) is 2. The van der Waals surface area contributed by atoms with Crippen molar-refractivity contribution >= 4 is 27.5 Å². The second-order valence-electron chi connectivity index (χ2n) is 9.31. The van der Waals surface area contributed by atoms with Crippen LogP contribution in [0.4, 0.5) is 5.69 Å². The van der Waals surface area contributed by atoms with Gasteiger partial charge in [0.05, 0.1) is 19.1 Å². The summed E-state index contributed by atoms with van der Waals surface area (Å²) in [7, 11) is -2.00. The van der Waals surface area contributed by atoms with E-state index in [-0.39, 0.29) is 30.8 Å². The minimum atomic E-state index is -3.54. The average molecular weight is 516 g/mol. The monoisotopic (exact) mass is 515 g/mol. The third-order valence-corrected chi connectivity index (χ3v) is 7.77. The maximum Gasteiger partial charge on any atom is 0.242 e. The van der Waals surface area contributed by atoms with Gasteiger partial charge in [-0.15, -0.1) is 0 Å². The van der Waals surface area contributed by atoms with E-state index in [2.05, 4.69) is 5.32 Å². The van der Waals surface area contributed by atoms with Crippen molar-refractivity contribution in [2.75, 3.05) is 24.2 Å². The molecule has 1 fully saturated rings. The van der Waals surface area contributed by atoms with Crippen LogP contribution in [0, 0.1) is 0 Å². The molecule has 0 aliphatic heterocycles. The molecule has 3 rings (SSSR count). The fraction of sp³-hybridized carbons (Fsp3) is 0.481. The van der Waals surface area contributed by atoms with E-state index in [4.69, 9.17) is 4.74 Å². The minimum Gasteiger partial charge on any atom is -0.497 e. The third-order valence-electron chi connectivity index (χ3n) is 6.58. The maximum atomic E-state index is 13.3. The molecule has 0 saturated heterocycles. The number of hydrogen-bond acceptors (Lipinski definition) is 5. The molecular weight excluding hydrogens is 478 g/mol. The van der Waals surface area contributed by atoms with Crippen LogP contribution in [0.25, 0.3) is 0 Å². The maximum absolute atomic E-state index is 13.3. The van der Waals surface area contributed by atoms with Gasteiger partial charge in [0, 0.05) is 25.6 Å². The summed E-state index contributed by atoms with van der Waals surface area (Å²) in [5.41, 5.74) is 1.44. The van der Waals surface area contributed by atoms with Gasteiger partial charge in [-0.25, -0.2) is 8.42 Å². The molecule has 0 aromatic heterocycles. The largest absolute Gasteiger partial charge is 0.497 e. The molecule has 36 heavy (non-hydrogen) atoms. The van der Waals surface area contributed by atoms with Crippen LogP contribution in [0.5, 0.6) is 5.75 Å². The van der Waals surface area contributed by atoms with Gasteiger partial charge in [0.25, 0.3) is 0 Å². The number of hydrogen-bond donors (Lipinski definition) is 1. The standard InChI is InChI=1S/C27H37N3O5S/c1-21(27(32)28-23-12-7-8-13-23)29(20-22-10-5-4-6-11-22)26(31)14-9-19-30(36(3,33)34)24-15-17-25(35-2)18-16-24/h4-6,10-11,15-18,21,23H,7-9,12-14,19-20H2,1-3H3,(H,28,32). The van der Waals surface area contributed by atoms with Gasteiger partial charge in [-0.2, -0.15) is 0 Å². The lowest BCUT2D eigenvalue weighted by atomic mass is 10.1. The van der Waals surface area contributed by atoms with Crippen molar-refractivity contribution in [3.05, 3.63) is 60.2 Å². The number of rotatable bonds is 12. The van der Waals surface area contributed by atoms with Gasteiger partial charge in [-0.1, -0.05) is 43.2 Å². The first-order valence-electron chi connectivity index (χ1n) is 12.4. The zero-order valence-corrected chi connectivity index (χ0v) is 22.2. The Balaban J connectivity index is 1.68. The van der Waals surface area contributed by atoms with Crippen molar-refractivity contribution in [1.82, 2.24) is 10.2 Å². The Hall–Kier alpha value is -3.07. The van der Waals surface area contributed by atoms with E-state index in [0.29, 0.717) is 24.4 Å². The van der Waals surface area contributed by atoms with Crippen LogP contribution in [0.1, 0.15) is 51.0 Å². The fourth-order valence-electron chi connectivity index (χ4n) is 4.51. The number of sulfonamides is 1. The SMILES string of the molecule is COc1ccc(N(CCCC(=O)N(Cc2ccccc2)C(C)C(=O)NC2CCCC2)S(C)(=O)=O)cc1. The Morgan fingerprint density at radius 2 is 1.69 bits per heavy atom. The summed E-state index contributed by atoms with van der Waals surface area (Å²) in [5, 5.41) is 3.09. The molecule has 9 heteroatoms. The summed E-state index contributed by atoms with van der Waals surface area (Å²) in [4.78, 5) is 27.9.